The summed E-state index contributed by atoms with van der Waals surface area (Å²) in [5.41, 5.74) is 2.65. The van der Waals surface area contributed by atoms with E-state index >= 15 is 0 Å². The minimum atomic E-state index is 0.430. The van der Waals surface area contributed by atoms with Crippen molar-refractivity contribution in [1.82, 2.24) is 9.97 Å². The van der Waals surface area contributed by atoms with Crippen LogP contribution in [0.5, 0.6) is 0 Å². The van der Waals surface area contributed by atoms with Crippen LogP contribution in [0.4, 0.5) is 0 Å². The Hall–Kier alpha value is -1.38. The van der Waals surface area contributed by atoms with E-state index in [2.05, 4.69) is 23.8 Å². The lowest BCUT2D eigenvalue weighted by molar-refractivity contribution is 0.440. The van der Waals surface area contributed by atoms with Gasteiger partial charge in [-0.1, -0.05) is 20.3 Å². The van der Waals surface area contributed by atoms with Crippen molar-refractivity contribution < 1.29 is 4.42 Å². The molecule has 2 aromatic heterocycles. The average Bonchev–Trinajstić information content (AvgIpc) is 2.68. The number of nitrogens with zero attached hydrogens (tertiary/aromatic N) is 2. The summed E-state index contributed by atoms with van der Waals surface area (Å²) < 4.78 is 5.78. The minimum absolute atomic E-state index is 0.430. The summed E-state index contributed by atoms with van der Waals surface area (Å²) in [4.78, 5) is 8.74. The van der Waals surface area contributed by atoms with E-state index in [0.717, 1.165) is 41.9 Å². The highest BCUT2D eigenvalue weighted by Gasteiger charge is 2.16. The number of aryl methyl sites for hydroxylation is 1. The van der Waals surface area contributed by atoms with Gasteiger partial charge in [-0.2, -0.15) is 4.98 Å². The third-order valence-electron chi connectivity index (χ3n) is 2.88. The highest BCUT2D eigenvalue weighted by atomic mass is 16.3. The fraction of sp³-hybridized carbons (Fsp3) is 0.538. The molecule has 0 aromatic carbocycles. The SMILES string of the molecule is CCCC(CC)c1nc2ncc(C)cc2o1. The smallest absolute Gasteiger partial charge is 0.200 e. The first-order valence-electron chi connectivity index (χ1n) is 5.97. The van der Waals surface area contributed by atoms with E-state index in [4.69, 9.17) is 4.42 Å². The summed E-state index contributed by atoms with van der Waals surface area (Å²) in [7, 11) is 0. The molecule has 0 aliphatic heterocycles. The van der Waals surface area contributed by atoms with Crippen molar-refractivity contribution in [2.24, 2.45) is 0 Å². The highest BCUT2D eigenvalue weighted by molar-refractivity contribution is 5.68. The van der Waals surface area contributed by atoms with E-state index < -0.39 is 0 Å². The molecule has 0 fully saturated rings. The molecule has 0 spiro atoms. The van der Waals surface area contributed by atoms with Crippen LogP contribution >= 0.6 is 0 Å². The van der Waals surface area contributed by atoms with Crippen molar-refractivity contribution in [2.45, 2.75) is 46.0 Å². The highest BCUT2D eigenvalue weighted by Crippen LogP contribution is 2.26. The van der Waals surface area contributed by atoms with E-state index in [9.17, 15) is 0 Å². The Balaban J connectivity index is 2.37. The minimum Gasteiger partial charge on any atom is -0.439 e. The third-order valence-corrected chi connectivity index (χ3v) is 2.88. The van der Waals surface area contributed by atoms with Crippen LogP contribution < -0.4 is 0 Å². The van der Waals surface area contributed by atoms with Gasteiger partial charge in [0.1, 0.15) is 0 Å². The first-order chi connectivity index (χ1) is 7.74. The van der Waals surface area contributed by atoms with Gasteiger partial charge in [-0.3, -0.25) is 0 Å². The molecule has 2 rings (SSSR count). The van der Waals surface area contributed by atoms with Crippen molar-refractivity contribution >= 4 is 11.2 Å². The second-order valence-electron chi connectivity index (χ2n) is 4.28. The summed E-state index contributed by atoms with van der Waals surface area (Å²) in [5, 5.41) is 0. The molecule has 3 nitrogen and oxygen atoms in total. The molecule has 16 heavy (non-hydrogen) atoms. The molecule has 86 valence electrons. The second kappa shape index (κ2) is 4.64. The van der Waals surface area contributed by atoms with E-state index in [1.165, 1.54) is 0 Å². The number of aromatic nitrogens is 2. The maximum absolute atomic E-state index is 5.78. The maximum atomic E-state index is 5.78. The number of rotatable bonds is 4. The van der Waals surface area contributed by atoms with Gasteiger partial charge in [0.15, 0.2) is 17.1 Å². The van der Waals surface area contributed by atoms with Crippen molar-refractivity contribution in [3.8, 4) is 0 Å². The van der Waals surface area contributed by atoms with Gasteiger partial charge in [0, 0.05) is 12.1 Å². The predicted molar refractivity (Wildman–Crippen MR) is 64.5 cm³/mol. The largest absolute Gasteiger partial charge is 0.439 e. The van der Waals surface area contributed by atoms with Crippen LogP contribution in [0.2, 0.25) is 0 Å². The fourth-order valence-electron chi connectivity index (χ4n) is 1.96. The number of pyridine rings is 1. The van der Waals surface area contributed by atoms with E-state index in [-0.39, 0.29) is 0 Å². The van der Waals surface area contributed by atoms with E-state index in [1.54, 1.807) is 0 Å². The summed E-state index contributed by atoms with van der Waals surface area (Å²) in [5.74, 6) is 1.27. The first kappa shape index (κ1) is 11.1. The summed E-state index contributed by atoms with van der Waals surface area (Å²) >= 11 is 0. The zero-order valence-corrected chi connectivity index (χ0v) is 10.2. The number of hydrogen-bond donors (Lipinski definition) is 0. The number of hydrogen-bond acceptors (Lipinski definition) is 3. The Morgan fingerprint density at radius 2 is 2.19 bits per heavy atom. The summed E-state index contributed by atoms with van der Waals surface area (Å²) in [6.45, 7) is 6.37. The molecule has 2 heterocycles. The van der Waals surface area contributed by atoms with Gasteiger partial charge in [0.2, 0.25) is 0 Å². The average molecular weight is 218 g/mol. The Labute approximate surface area is 95.9 Å². The van der Waals surface area contributed by atoms with Gasteiger partial charge in [-0.05, 0) is 31.4 Å². The van der Waals surface area contributed by atoms with Gasteiger partial charge >= 0.3 is 0 Å². The molecule has 1 unspecified atom stereocenters. The van der Waals surface area contributed by atoms with Crippen LogP contribution in [0.25, 0.3) is 11.2 Å². The first-order valence-corrected chi connectivity index (χ1v) is 5.97. The molecule has 3 heteroatoms. The topological polar surface area (TPSA) is 38.9 Å². The quantitative estimate of drug-likeness (QED) is 0.783. The Morgan fingerprint density at radius 3 is 2.88 bits per heavy atom. The molecule has 0 bridgehead atoms. The monoisotopic (exact) mass is 218 g/mol. The van der Waals surface area contributed by atoms with Crippen molar-refractivity contribution in [2.75, 3.05) is 0 Å². The normalized spacial score (nSPS) is 13.2. The fourth-order valence-corrected chi connectivity index (χ4v) is 1.96. The Bertz CT molecular complexity index is 476. The van der Waals surface area contributed by atoms with Crippen LogP contribution in [-0.2, 0) is 0 Å². The molecular weight excluding hydrogens is 200 g/mol. The molecule has 2 aromatic rings. The molecule has 0 radical (unpaired) electrons. The van der Waals surface area contributed by atoms with Gasteiger partial charge in [0.25, 0.3) is 0 Å². The molecule has 0 aliphatic rings. The molecule has 0 amide bonds. The van der Waals surface area contributed by atoms with Crippen molar-refractivity contribution in [1.29, 1.82) is 0 Å². The lowest BCUT2D eigenvalue weighted by Crippen LogP contribution is -1.96. The van der Waals surface area contributed by atoms with Crippen LogP contribution in [-0.4, -0.2) is 9.97 Å². The lowest BCUT2D eigenvalue weighted by Gasteiger charge is -2.07. The standard InChI is InChI=1S/C13H18N2O/c1-4-6-10(5-2)13-15-12-11(16-13)7-9(3)8-14-12/h7-8,10H,4-6H2,1-3H3. The van der Waals surface area contributed by atoms with Crippen molar-refractivity contribution in [3.05, 3.63) is 23.7 Å². The van der Waals surface area contributed by atoms with E-state index in [0.29, 0.717) is 5.92 Å². The molecule has 0 N–H and O–H groups in total. The maximum Gasteiger partial charge on any atom is 0.200 e. The van der Waals surface area contributed by atoms with Crippen LogP contribution in [0.15, 0.2) is 16.7 Å². The second-order valence-corrected chi connectivity index (χ2v) is 4.28. The molecule has 0 saturated carbocycles. The van der Waals surface area contributed by atoms with Crippen LogP contribution in [0, 0.1) is 6.92 Å². The molecule has 1 atom stereocenters. The summed E-state index contributed by atoms with van der Waals surface area (Å²) in [6.07, 6.45) is 5.18. The van der Waals surface area contributed by atoms with Gasteiger partial charge in [-0.15, -0.1) is 0 Å². The van der Waals surface area contributed by atoms with Gasteiger partial charge in [-0.25, -0.2) is 4.98 Å². The zero-order chi connectivity index (χ0) is 11.5. The van der Waals surface area contributed by atoms with Gasteiger partial charge < -0.3 is 4.42 Å². The van der Waals surface area contributed by atoms with Crippen molar-refractivity contribution in [3.63, 3.8) is 0 Å². The van der Waals surface area contributed by atoms with Crippen LogP contribution in [0.3, 0.4) is 0 Å². The Kier molecular flexibility index (Phi) is 3.22. The van der Waals surface area contributed by atoms with Crippen LogP contribution in [0.1, 0.15) is 50.5 Å². The molecule has 0 saturated heterocycles. The predicted octanol–water partition coefficient (Wildman–Crippen LogP) is 3.82. The molecular formula is C13H18N2O. The lowest BCUT2D eigenvalue weighted by atomic mass is 10.0. The van der Waals surface area contributed by atoms with E-state index in [1.807, 2.05) is 19.2 Å². The zero-order valence-electron chi connectivity index (χ0n) is 10.2. The number of oxazole rings is 1. The summed E-state index contributed by atoms with van der Waals surface area (Å²) in [6, 6.07) is 2.00. The Morgan fingerprint density at radius 1 is 1.38 bits per heavy atom. The van der Waals surface area contributed by atoms with Gasteiger partial charge in [0.05, 0.1) is 0 Å². The molecule has 0 aliphatic carbocycles. The third kappa shape index (κ3) is 2.08. The number of fused-ring (bicyclic) bond motifs is 1.